The highest BCUT2D eigenvalue weighted by atomic mass is 35.5. The first-order valence-electron chi connectivity index (χ1n) is 13.5. The summed E-state index contributed by atoms with van der Waals surface area (Å²) in [5, 5.41) is 13.4. The first-order valence-corrected chi connectivity index (χ1v) is 14.8. The zero-order valence-electron chi connectivity index (χ0n) is 23.3. The maximum absolute atomic E-state index is 14.2. The van der Waals surface area contributed by atoms with E-state index in [-0.39, 0.29) is 17.9 Å². The van der Waals surface area contributed by atoms with Gasteiger partial charge in [-0.05, 0) is 49.1 Å². The van der Waals surface area contributed by atoms with Crippen molar-refractivity contribution in [1.29, 1.82) is 0 Å². The number of amides is 1. The van der Waals surface area contributed by atoms with E-state index in [2.05, 4.69) is 31.3 Å². The average molecular weight is 593 g/mol. The number of thiazole rings is 1. The van der Waals surface area contributed by atoms with Gasteiger partial charge < -0.3 is 15.3 Å². The minimum atomic E-state index is -0.250. The van der Waals surface area contributed by atoms with Crippen molar-refractivity contribution in [2.24, 2.45) is 0 Å². The van der Waals surface area contributed by atoms with Crippen LogP contribution in [-0.2, 0) is 17.6 Å². The second-order valence-electron chi connectivity index (χ2n) is 9.52. The third-order valence-corrected chi connectivity index (χ3v) is 8.27. The maximum Gasteiger partial charge on any atom is 0.290 e. The molecule has 4 aromatic rings. The number of aromatic nitrogens is 2. The van der Waals surface area contributed by atoms with Gasteiger partial charge in [-0.2, -0.15) is 0 Å². The molecule has 0 atom stereocenters. The summed E-state index contributed by atoms with van der Waals surface area (Å²) >= 11 is 7.48. The molecule has 0 unspecified atom stereocenters. The minimum Gasteiger partial charge on any atom is -0.483 e. The third-order valence-electron chi connectivity index (χ3n) is 7.15. The van der Waals surface area contributed by atoms with E-state index in [0.29, 0.717) is 39.9 Å². The molecule has 0 radical (unpaired) electrons. The predicted octanol–water partition coefficient (Wildman–Crippen LogP) is 5.46. The molecule has 5 rings (SSSR count). The molecule has 1 aliphatic heterocycles. The quantitative estimate of drug-likeness (QED) is 0.288. The van der Waals surface area contributed by atoms with Gasteiger partial charge in [0.15, 0.2) is 0 Å². The number of hydrogen-bond acceptors (Lipinski definition) is 6. The Morgan fingerprint density at radius 3 is 2.29 bits per heavy atom. The number of rotatable bonds is 6. The number of nitrogens with one attached hydrogen (secondary N) is 1. The number of carboxylic acid groups (broad SMARTS) is 1. The summed E-state index contributed by atoms with van der Waals surface area (Å²) in [5.41, 5.74) is 6.20. The first-order chi connectivity index (χ1) is 19.8. The second kappa shape index (κ2) is 13.7. The number of carbonyl (C=O) groups excluding carboxylic acids is 1. The Balaban J connectivity index is 0.00000124. The number of pyridine rings is 1. The molecular weight excluding hydrogens is 560 g/mol. The van der Waals surface area contributed by atoms with E-state index < -0.39 is 0 Å². The van der Waals surface area contributed by atoms with Gasteiger partial charge in [-0.25, -0.2) is 4.98 Å². The van der Waals surface area contributed by atoms with Crippen molar-refractivity contribution in [3.8, 4) is 27.5 Å². The van der Waals surface area contributed by atoms with Crippen molar-refractivity contribution in [2.75, 3.05) is 26.2 Å². The number of carbonyl (C=O) groups is 2. The second-order valence-corrected chi connectivity index (χ2v) is 10.8. The largest absolute Gasteiger partial charge is 0.483 e. The molecule has 3 heterocycles. The Morgan fingerprint density at radius 1 is 1.10 bits per heavy atom. The van der Waals surface area contributed by atoms with E-state index >= 15 is 0 Å². The number of piperazine rings is 1. The summed E-state index contributed by atoms with van der Waals surface area (Å²) in [6.45, 7) is 8.60. The fourth-order valence-electron chi connectivity index (χ4n) is 5.03. The lowest BCUT2D eigenvalue weighted by Gasteiger charge is -2.29. The highest BCUT2D eigenvalue weighted by Gasteiger charge is 2.26. The predicted molar refractivity (Wildman–Crippen MR) is 165 cm³/mol. The van der Waals surface area contributed by atoms with E-state index in [1.165, 1.54) is 11.3 Å². The van der Waals surface area contributed by atoms with Gasteiger partial charge in [0.2, 0.25) is 0 Å². The Kier molecular flexibility index (Phi) is 10.1. The molecule has 0 bridgehead atoms. The van der Waals surface area contributed by atoms with Gasteiger partial charge in [0.1, 0.15) is 5.01 Å². The van der Waals surface area contributed by atoms with Crippen LogP contribution < -0.4 is 10.9 Å². The van der Waals surface area contributed by atoms with Crippen LogP contribution in [0.15, 0.2) is 58.7 Å². The van der Waals surface area contributed by atoms with Gasteiger partial charge in [0, 0.05) is 47.8 Å². The summed E-state index contributed by atoms with van der Waals surface area (Å²) in [6.07, 6.45) is 1.55. The van der Waals surface area contributed by atoms with Gasteiger partial charge >= 0.3 is 0 Å². The summed E-state index contributed by atoms with van der Waals surface area (Å²) in [5.74, 6) is -0.0551. The maximum atomic E-state index is 14.2. The lowest BCUT2D eigenvalue weighted by molar-refractivity contribution is -0.122. The lowest BCUT2D eigenvalue weighted by Crippen LogP contribution is -2.47. The molecule has 1 amide bonds. The van der Waals surface area contributed by atoms with Crippen LogP contribution in [-0.4, -0.2) is 58.1 Å². The van der Waals surface area contributed by atoms with Crippen LogP contribution in [0.2, 0.25) is 5.02 Å². The van der Waals surface area contributed by atoms with E-state index in [0.717, 1.165) is 54.0 Å². The summed E-state index contributed by atoms with van der Waals surface area (Å²) < 4.78 is 1.76. The molecule has 41 heavy (non-hydrogen) atoms. The van der Waals surface area contributed by atoms with Crippen LogP contribution in [0.4, 0.5) is 0 Å². The molecule has 0 spiro atoms. The smallest absolute Gasteiger partial charge is 0.290 e. The number of benzene rings is 2. The number of nitrogens with zero attached hydrogens (tertiary/aromatic N) is 3. The van der Waals surface area contributed by atoms with E-state index in [9.17, 15) is 9.59 Å². The molecule has 1 saturated heterocycles. The molecule has 0 aliphatic carbocycles. The van der Waals surface area contributed by atoms with Crippen molar-refractivity contribution < 1.29 is 14.7 Å². The monoisotopic (exact) mass is 592 g/mol. The van der Waals surface area contributed by atoms with Gasteiger partial charge in [-0.1, -0.05) is 55.8 Å². The summed E-state index contributed by atoms with van der Waals surface area (Å²) in [4.78, 5) is 43.1. The molecule has 1 fully saturated rings. The van der Waals surface area contributed by atoms with Gasteiger partial charge in [-0.3, -0.25) is 19.0 Å². The fraction of sp³-hybridized carbons (Fsp3) is 0.290. The van der Waals surface area contributed by atoms with Crippen LogP contribution in [0.3, 0.4) is 0 Å². The SMILES string of the molecule is CCc1cccc(CC)c1-n1c(C)c(C(=O)N2CCNCC2)cc(-c2nc(-c3ccc(Cl)cc3)cs2)c1=O.O=CO. The van der Waals surface area contributed by atoms with Crippen LogP contribution >= 0.6 is 22.9 Å². The molecule has 1 aliphatic rings. The lowest BCUT2D eigenvalue weighted by atomic mass is 10.0. The van der Waals surface area contributed by atoms with Gasteiger partial charge in [0.05, 0.1) is 22.5 Å². The molecule has 8 nitrogen and oxygen atoms in total. The van der Waals surface area contributed by atoms with E-state index in [1.54, 1.807) is 10.6 Å². The Morgan fingerprint density at radius 2 is 1.71 bits per heavy atom. The first kappa shape index (κ1) is 30.2. The van der Waals surface area contributed by atoms with Crippen molar-refractivity contribution in [2.45, 2.75) is 33.6 Å². The van der Waals surface area contributed by atoms with E-state index in [4.69, 9.17) is 26.5 Å². The van der Waals surface area contributed by atoms with Crippen LogP contribution in [0.1, 0.15) is 41.0 Å². The summed E-state index contributed by atoms with van der Waals surface area (Å²) in [6, 6.07) is 15.4. The highest BCUT2D eigenvalue weighted by Crippen LogP contribution is 2.31. The normalized spacial score (nSPS) is 12.9. The number of aryl methyl sites for hydroxylation is 2. The van der Waals surface area contributed by atoms with Crippen LogP contribution in [0.5, 0.6) is 0 Å². The molecule has 214 valence electrons. The molecule has 2 aromatic heterocycles. The highest BCUT2D eigenvalue weighted by molar-refractivity contribution is 7.13. The molecule has 2 N–H and O–H groups in total. The zero-order chi connectivity index (χ0) is 29.5. The van der Waals surface area contributed by atoms with Crippen LogP contribution in [0.25, 0.3) is 27.5 Å². The number of para-hydroxylation sites is 1. The summed E-state index contributed by atoms with van der Waals surface area (Å²) in [7, 11) is 0. The van der Waals surface area contributed by atoms with Crippen molar-refractivity contribution in [3.63, 3.8) is 0 Å². The Bertz CT molecular complexity index is 1570. The van der Waals surface area contributed by atoms with Gasteiger partial charge in [0.25, 0.3) is 17.9 Å². The van der Waals surface area contributed by atoms with Crippen molar-refractivity contribution >= 4 is 35.3 Å². The number of hydrogen-bond donors (Lipinski definition) is 2. The fourth-order valence-corrected chi connectivity index (χ4v) is 6.00. The molecular formula is C31H33ClN4O4S. The standard InChI is InChI=1S/C30H31ClN4O2S.CH2O2/c1-4-20-7-6-8-21(5-2)27(20)35-19(3)24(29(36)34-15-13-32-14-16-34)17-25(30(35)37)28-33-26(18-38-28)22-9-11-23(31)12-10-22;2-1-3/h6-12,17-18,32H,4-5,13-16H2,1-3H3;1H,(H,2,3). The third kappa shape index (κ3) is 6.43. The molecule has 10 heteroatoms. The topological polar surface area (TPSA) is 105 Å². The average Bonchev–Trinajstić information content (AvgIpc) is 3.48. The van der Waals surface area contributed by atoms with Crippen molar-refractivity contribution in [1.82, 2.24) is 19.8 Å². The van der Waals surface area contributed by atoms with E-state index in [1.807, 2.05) is 47.5 Å². The Hall–Kier alpha value is -3.79. The molecule has 2 aromatic carbocycles. The minimum absolute atomic E-state index is 0.0551. The van der Waals surface area contributed by atoms with Crippen molar-refractivity contribution in [3.05, 3.63) is 91.7 Å². The van der Waals surface area contributed by atoms with Crippen LogP contribution in [0, 0.1) is 6.92 Å². The van der Waals surface area contributed by atoms with Gasteiger partial charge in [-0.15, -0.1) is 11.3 Å². The number of halogens is 1. The Labute approximate surface area is 248 Å². The zero-order valence-corrected chi connectivity index (χ0v) is 24.9. The molecule has 0 saturated carbocycles.